The van der Waals surface area contributed by atoms with Gasteiger partial charge in [-0.05, 0) is 52.7 Å². The molecule has 1 aliphatic rings. The Bertz CT molecular complexity index is 376. The minimum Gasteiger partial charge on any atom is -0.352 e. The van der Waals surface area contributed by atoms with Crippen LogP contribution in [0.5, 0.6) is 0 Å². The van der Waals surface area contributed by atoms with Gasteiger partial charge in [0.15, 0.2) is 5.82 Å². The summed E-state index contributed by atoms with van der Waals surface area (Å²) in [7, 11) is 0. The molecule has 4 nitrogen and oxygen atoms in total. The Morgan fingerprint density at radius 1 is 1.28 bits per heavy atom. The van der Waals surface area contributed by atoms with Crippen LogP contribution in [0.2, 0.25) is 0 Å². The second kappa shape index (κ2) is 5.22. The standard InChI is InChI=1S/C14H24N4/c1-5-18(12-7-8-12)13-9-6-11(16-17-13)10-15-14(2,3)4/h6,9,12,15H,5,7-8,10H2,1-4H3. The van der Waals surface area contributed by atoms with Crippen molar-refractivity contribution in [3.63, 3.8) is 0 Å². The third-order valence-electron chi connectivity index (χ3n) is 3.13. The van der Waals surface area contributed by atoms with E-state index in [4.69, 9.17) is 0 Å². The molecule has 0 atom stereocenters. The van der Waals surface area contributed by atoms with Crippen LogP contribution >= 0.6 is 0 Å². The predicted molar refractivity (Wildman–Crippen MR) is 74.7 cm³/mol. The van der Waals surface area contributed by atoms with Crippen LogP contribution in [0.4, 0.5) is 5.82 Å². The minimum absolute atomic E-state index is 0.115. The first-order valence-electron chi connectivity index (χ1n) is 6.84. The summed E-state index contributed by atoms with van der Waals surface area (Å²) in [5.41, 5.74) is 1.12. The first-order valence-corrected chi connectivity index (χ1v) is 6.84. The van der Waals surface area contributed by atoms with E-state index < -0.39 is 0 Å². The maximum atomic E-state index is 4.35. The number of hydrogen-bond acceptors (Lipinski definition) is 4. The SMILES string of the molecule is CCN(c1ccc(CNC(C)(C)C)nn1)C1CC1. The molecule has 0 radical (unpaired) electrons. The van der Waals surface area contributed by atoms with Gasteiger partial charge >= 0.3 is 0 Å². The lowest BCUT2D eigenvalue weighted by Gasteiger charge is -2.22. The lowest BCUT2D eigenvalue weighted by molar-refractivity contribution is 0.420. The van der Waals surface area contributed by atoms with Crippen LogP contribution in [-0.4, -0.2) is 28.3 Å². The van der Waals surface area contributed by atoms with E-state index in [1.165, 1.54) is 12.8 Å². The van der Waals surface area contributed by atoms with Crippen molar-refractivity contribution >= 4 is 5.82 Å². The van der Waals surface area contributed by atoms with Crippen molar-refractivity contribution in [1.82, 2.24) is 15.5 Å². The van der Waals surface area contributed by atoms with Crippen LogP contribution in [0.3, 0.4) is 0 Å². The molecule has 18 heavy (non-hydrogen) atoms. The van der Waals surface area contributed by atoms with Gasteiger partial charge in [0.2, 0.25) is 0 Å². The normalized spacial score (nSPS) is 15.8. The van der Waals surface area contributed by atoms with Crippen molar-refractivity contribution in [3.05, 3.63) is 17.8 Å². The number of nitrogens with one attached hydrogen (secondary N) is 1. The van der Waals surface area contributed by atoms with Crippen LogP contribution in [0.25, 0.3) is 0 Å². The van der Waals surface area contributed by atoms with Crippen LogP contribution in [0.1, 0.15) is 46.2 Å². The Morgan fingerprint density at radius 3 is 2.44 bits per heavy atom. The van der Waals surface area contributed by atoms with E-state index in [0.717, 1.165) is 24.6 Å². The van der Waals surface area contributed by atoms with E-state index >= 15 is 0 Å². The van der Waals surface area contributed by atoms with Crippen molar-refractivity contribution in [2.75, 3.05) is 11.4 Å². The predicted octanol–water partition coefficient (Wildman–Crippen LogP) is 2.35. The monoisotopic (exact) mass is 248 g/mol. The highest BCUT2D eigenvalue weighted by atomic mass is 15.3. The Morgan fingerprint density at radius 2 is 2.00 bits per heavy atom. The highest BCUT2D eigenvalue weighted by molar-refractivity contribution is 5.40. The summed E-state index contributed by atoms with van der Waals surface area (Å²) in [6.07, 6.45) is 2.59. The van der Waals surface area contributed by atoms with Crippen molar-refractivity contribution in [2.24, 2.45) is 0 Å². The van der Waals surface area contributed by atoms with Crippen molar-refractivity contribution in [3.8, 4) is 0 Å². The summed E-state index contributed by atoms with van der Waals surface area (Å²) in [5.74, 6) is 1.01. The Labute approximate surface area is 110 Å². The van der Waals surface area contributed by atoms with Crippen LogP contribution < -0.4 is 10.2 Å². The molecule has 1 fully saturated rings. The maximum Gasteiger partial charge on any atom is 0.151 e. The van der Waals surface area contributed by atoms with Crippen molar-refractivity contribution < 1.29 is 0 Å². The molecule has 0 aliphatic heterocycles. The minimum atomic E-state index is 0.115. The van der Waals surface area contributed by atoms with Crippen LogP contribution in [-0.2, 0) is 6.54 Å². The Hall–Kier alpha value is -1.16. The van der Waals surface area contributed by atoms with Gasteiger partial charge in [-0.2, -0.15) is 5.10 Å². The molecular formula is C14H24N4. The first kappa shape index (κ1) is 13.3. The molecule has 0 amide bonds. The van der Waals surface area contributed by atoms with E-state index in [0.29, 0.717) is 6.04 Å². The summed E-state index contributed by atoms with van der Waals surface area (Å²) in [6, 6.07) is 4.86. The van der Waals surface area contributed by atoms with Gasteiger partial charge in [0.25, 0.3) is 0 Å². The van der Waals surface area contributed by atoms with Crippen LogP contribution in [0.15, 0.2) is 12.1 Å². The summed E-state index contributed by atoms with van der Waals surface area (Å²) in [4.78, 5) is 2.34. The van der Waals surface area contributed by atoms with Gasteiger partial charge in [0.05, 0.1) is 5.69 Å². The third kappa shape index (κ3) is 3.67. The highest BCUT2D eigenvalue weighted by Crippen LogP contribution is 2.29. The molecule has 2 rings (SSSR count). The van der Waals surface area contributed by atoms with Crippen LogP contribution in [0, 0.1) is 0 Å². The maximum absolute atomic E-state index is 4.35. The molecular weight excluding hydrogens is 224 g/mol. The molecule has 1 aromatic heterocycles. The third-order valence-corrected chi connectivity index (χ3v) is 3.13. The second-order valence-corrected chi connectivity index (χ2v) is 6.00. The average Bonchev–Trinajstić information content (AvgIpc) is 3.12. The second-order valence-electron chi connectivity index (χ2n) is 6.00. The van der Waals surface area contributed by atoms with E-state index in [2.05, 4.69) is 60.2 Å². The largest absolute Gasteiger partial charge is 0.352 e. The molecule has 1 saturated carbocycles. The number of anilines is 1. The fourth-order valence-electron chi connectivity index (χ4n) is 1.95. The van der Waals surface area contributed by atoms with Gasteiger partial charge in [-0.15, -0.1) is 5.10 Å². The van der Waals surface area contributed by atoms with Crippen molar-refractivity contribution in [2.45, 2.75) is 58.7 Å². The zero-order chi connectivity index (χ0) is 13.2. The summed E-state index contributed by atoms with van der Waals surface area (Å²) >= 11 is 0. The highest BCUT2D eigenvalue weighted by Gasteiger charge is 2.28. The molecule has 0 bridgehead atoms. The molecule has 0 aromatic carbocycles. The quantitative estimate of drug-likeness (QED) is 0.868. The van der Waals surface area contributed by atoms with Gasteiger partial charge in [0.1, 0.15) is 0 Å². The fraction of sp³-hybridized carbons (Fsp3) is 0.714. The molecule has 1 N–H and O–H groups in total. The lowest BCUT2D eigenvalue weighted by Crippen LogP contribution is -2.35. The van der Waals surface area contributed by atoms with Gasteiger partial charge in [-0.3, -0.25) is 0 Å². The smallest absolute Gasteiger partial charge is 0.151 e. The van der Waals surface area contributed by atoms with Gasteiger partial charge < -0.3 is 10.2 Å². The van der Waals surface area contributed by atoms with Gasteiger partial charge in [-0.1, -0.05) is 0 Å². The van der Waals surface area contributed by atoms with E-state index in [-0.39, 0.29) is 5.54 Å². The van der Waals surface area contributed by atoms with Gasteiger partial charge in [0, 0.05) is 24.7 Å². The number of nitrogens with zero attached hydrogens (tertiary/aromatic N) is 3. The van der Waals surface area contributed by atoms with E-state index in [1.54, 1.807) is 0 Å². The van der Waals surface area contributed by atoms with Gasteiger partial charge in [-0.25, -0.2) is 0 Å². The van der Waals surface area contributed by atoms with Crippen molar-refractivity contribution in [1.29, 1.82) is 0 Å². The van der Waals surface area contributed by atoms with E-state index in [9.17, 15) is 0 Å². The fourth-order valence-corrected chi connectivity index (χ4v) is 1.95. The zero-order valence-electron chi connectivity index (χ0n) is 11.9. The average molecular weight is 248 g/mol. The molecule has 0 unspecified atom stereocenters. The molecule has 100 valence electrons. The summed E-state index contributed by atoms with van der Waals surface area (Å²) in [6.45, 7) is 10.4. The summed E-state index contributed by atoms with van der Waals surface area (Å²) < 4.78 is 0. The summed E-state index contributed by atoms with van der Waals surface area (Å²) in [5, 5.41) is 12.1. The number of rotatable bonds is 5. The molecule has 4 heteroatoms. The molecule has 1 heterocycles. The molecule has 1 aromatic rings. The lowest BCUT2D eigenvalue weighted by atomic mass is 10.1. The molecule has 1 aliphatic carbocycles. The number of aromatic nitrogens is 2. The first-order chi connectivity index (χ1) is 8.49. The topological polar surface area (TPSA) is 41.0 Å². The Kier molecular flexibility index (Phi) is 3.85. The Balaban J connectivity index is 1.96. The zero-order valence-corrected chi connectivity index (χ0v) is 11.9. The molecule has 0 spiro atoms. The molecule has 0 saturated heterocycles. The number of hydrogen-bond donors (Lipinski definition) is 1. The van der Waals surface area contributed by atoms with E-state index in [1.807, 2.05) is 0 Å².